The van der Waals surface area contributed by atoms with E-state index in [1.54, 1.807) is 12.1 Å². The fourth-order valence-corrected chi connectivity index (χ4v) is 3.51. The number of rotatable bonds is 4. The quantitative estimate of drug-likeness (QED) is 0.761. The minimum Gasteiger partial charge on any atom is -0.272 e. The first-order chi connectivity index (χ1) is 12.5. The van der Waals surface area contributed by atoms with E-state index in [1.807, 2.05) is 12.1 Å². The molecule has 6 nitrogen and oxygen atoms in total. The van der Waals surface area contributed by atoms with Crippen molar-refractivity contribution in [1.29, 1.82) is 0 Å². The molecule has 2 rings (SSSR count). The molecule has 0 aliphatic heterocycles. The van der Waals surface area contributed by atoms with E-state index in [1.165, 1.54) is 24.3 Å². The van der Waals surface area contributed by atoms with Gasteiger partial charge in [0.2, 0.25) is 0 Å². The minimum atomic E-state index is -3.83. The van der Waals surface area contributed by atoms with Gasteiger partial charge in [0.15, 0.2) is 9.84 Å². The Hall–Kier alpha value is -2.38. The Balaban J connectivity index is 1.94. The van der Waals surface area contributed by atoms with Crippen molar-refractivity contribution in [3.8, 4) is 0 Å². The second-order valence-corrected chi connectivity index (χ2v) is 9.47. The van der Waals surface area contributed by atoms with Crippen molar-refractivity contribution in [2.45, 2.75) is 31.1 Å². The predicted octanol–water partition coefficient (Wildman–Crippen LogP) is 2.87. The lowest BCUT2D eigenvalue weighted by Gasteiger charge is -2.19. The number of hydrazine groups is 1. The molecule has 0 aliphatic carbocycles. The topological polar surface area (TPSA) is 92.3 Å². The van der Waals surface area contributed by atoms with E-state index in [-0.39, 0.29) is 10.3 Å². The average molecular weight is 409 g/mol. The molecule has 8 heteroatoms. The van der Waals surface area contributed by atoms with Crippen LogP contribution in [0.2, 0.25) is 5.02 Å². The zero-order valence-electron chi connectivity index (χ0n) is 15.2. The molecule has 0 radical (unpaired) electrons. The molecule has 0 fully saturated rings. The van der Waals surface area contributed by atoms with Crippen LogP contribution in [0.4, 0.5) is 0 Å². The highest BCUT2D eigenvalue weighted by Crippen LogP contribution is 2.22. The van der Waals surface area contributed by atoms with Crippen LogP contribution in [0.25, 0.3) is 0 Å². The van der Waals surface area contributed by atoms with Gasteiger partial charge in [-0.25, -0.2) is 8.42 Å². The maximum absolute atomic E-state index is 12.2. The normalized spacial score (nSPS) is 11.7. The molecule has 0 atom stereocenters. The van der Waals surface area contributed by atoms with Crippen LogP contribution in [0.5, 0.6) is 0 Å². The molecular weight excluding hydrogens is 388 g/mol. The van der Waals surface area contributed by atoms with Gasteiger partial charge in [0, 0.05) is 10.6 Å². The van der Waals surface area contributed by atoms with E-state index in [0.29, 0.717) is 10.6 Å². The largest absolute Gasteiger partial charge is 0.272 e. The number of carbonyl (C=O) groups is 2. The number of sulfone groups is 1. The van der Waals surface area contributed by atoms with Crippen LogP contribution < -0.4 is 10.9 Å². The van der Waals surface area contributed by atoms with Crippen LogP contribution in [-0.2, 0) is 20.0 Å². The fraction of sp³-hybridized carbons (Fsp3) is 0.263. The van der Waals surface area contributed by atoms with Gasteiger partial charge in [-0.15, -0.1) is 0 Å². The Labute approximate surface area is 163 Å². The van der Waals surface area contributed by atoms with Gasteiger partial charge in [-0.2, -0.15) is 0 Å². The molecule has 0 unspecified atom stereocenters. The predicted molar refractivity (Wildman–Crippen MR) is 104 cm³/mol. The Bertz CT molecular complexity index is 931. The molecule has 2 aromatic carbocycles. The number of amides is 2. The number of hydrogen-bond donors (Lipinski definition) is 2. The van der Waals surface area contributed by atoms with Gasteiger partial charge in [0.25, 0.3) is 11.8 Å². The van der Waals surface area contributed by atoms with Gasteiger partial charge in [0.1, 0.15) is 5.75 Å². The highest BCUT2D eigenvalue weighted by Gasteiger charge is 2.20. The summed E-state index contributed by atoms with van der Waals surface area (Å²) < 4.78 is 24.4. The second kappa shape index (κ2) is 8.10. The molecule has 0 aliphatic rings. The average Bonchev–Trinajstić information content (AvgIpc) is 2.59. The van der Waals surface area contributed by atoms with Crippen molar-refractivity contribution in [2.24, 2.45) is 0 Å². The first-order valence-electron chi connectivity index (χ1n) is 8.17. The van der Waals surface area contributed by atoms with Crippen LogP contribution in [-0.4, -0.2) is 26.0 Å². The second-order valence-electron chi connectivity index (χ2n) is 7.04. The number of halogens is 1. The first kappa shape index (κ1) is 20.9. The first-order valence-corrected chi connectivity index (χ1v) is 10.2. The molecule has 0 saturated carbocycles. The highest BCUT2D eigenvalue weighted by molar-refractivity contribution is 7.92. The van der Waals surface area contributed by atoms with Crippen molar-refractivity contribution in [3.05, 3.63) is 64.7 Å². The number of nitrogens with one attached hydrogen (secondary N) is 2. The van der Waals surface area contributed by atoms with E-state index in [4.69, 9.17) is 11.6 Å². The summed E-state index contributed by atoms with van der Waals surface area (Å²) in [6, 6.07) is 12.5. The van der Waals surface area contributed by atoms with Gasteiger partial charge in [-0.3, -0.25) is 20.4 Å². The Morgan fingerprint density at radius 3 is 2.00 bits per heavy atom. The summed E-state index contributed by atoms with van der Waals surface area (Å²) in [6.45, 7) is 6.18. The molecule has 144 valence electrons. The molecule has 0 heterocycles. The van der Waals surface area contributed by atoms with Gasteiger partial charge >= 0.3 is 0 Å². The summed E-state index contributed by atoms with van der Waals surface area (Å²) in [6.07, 6.45) is 0. The van der Waals surface area contributed by atoms with E-state index in [2.05, 4.69) is 31.6 Å². The standard InChI is InChI=1S/C19H21ClN2O4S/c1-19(2,3)14-6-4-13(5-7-14)18(24)22-21-17(23)12-27(25,26)16-10-8-15(20)9-11-16/h4-11H,12H2,1-3H3,(H,21,23)(H,22,24). The lowest BCUT2D eigenvalue weighted by Crippen LogP contribution is -2.44. The molecular formula is C19H21ClN2O4S. The Morgan fingerprint density at radius 2 is 1.48 bits per heavy atom. The van der Waals surface area contributed by atoms with Crippen LogP contribution in [0, 0.1) is 0 Å². The van der Waals surface area contributed by atoms with Crippen molar-refractivity contribution < 1.29 is 18.0 Å². The fourth-order valence-electron chi connectivity index (χ4n) is 2.25. The number of carbonyl (C=O) groups excluding carboxylic acids is 2. The lowest BCUT2D eigenvalue weighted by atomic mass is 9.87. The zero-order valence-corrected chi connectivity index (χ0v) is 16.8. The van der Waals surface area contributed by atoms with E-state index in [0.717, 1.165) is 5.56 Å². The molecule has 2 N–H and O–H groups in total. The molecule has 0 spiro atoms. The third kappa shape index (κ3) is 5.80. The molecule has 0 aromatic heterocycles. The maximum atomic E-state index is 12.2. The monoisotopic (exact) mass is 408 g/mol. The van der Waals surface area contributed by atoms with Crippen LogP contribution >= 0.6 is 11.6 Å². The summed E-state index contributed by atoms with van der Waals surface area (Å²) in [5.41, 5.74) is 5.71. The Morgan fingerprint density at radius 1 is 0.926 bits per heavy atom. The lowest BCUT2D eigenvalue weighted by molar-refractivity contribution is -0.119. The highest BCUT2D eigenvalue weighted by atomic mass is 35.5. The van der Waals surface area contributed by atoms with Gasteiger partial charge < -0.3 is 0 Å². The molecule has 2 amide bonds. The van der Waals surface area contributed by atoms with Crippen LogP contribution in [0.1, 0.15) is 36.7 Å². The van der Waals surface area contributed by atoms with Crippen molar-refractivity contribution >= 4 is 33.3 Å². The molecule has 27 heavy (non-hydrogen) atoms. The smallest absolute Gasteiger partial charge is 0.269 e. The Kier molecular flexibility index (Phi) is 6.28. The summed E-state index contributed by atoms with van der Waals surface area (Å²) in [7, 11) is -3.83. The van der Waals surface area contributed by atoms with Crippen molar-refractivity contribution in [2.75, 3.05) is 5.75 Å². The molecule has 2 aromatic rings. The molecule has 0 saturated heterocycles. The van der Waals surface area contributed by atoms with Crippen molar-refractivity contribution in [3.63, 3.8) is 0 Å². The number of hydrogen-bond acceptors (Lipinski definition) is 4. The van der Waals surface area contributed by atoms with Crippen molar-refractivity contribution in [1.82, 2.24) is 10.9 Å². The molecule has 0 bridgehead atoms. The third-order valence-electron chi connectivity index (χ3n) is 3.82. The SMILES string of the molecule is CC(C)(C)c1ccc(C(=O)NNC(=O)CS(=O)(=O)c2ccc(Cl)cc2)cc1. The summed E-state index contributed by atoms with van der Waals surface area (Å²) in [5.74, 6) is -2.17. The van der Waals surface area contributed by atoms with Gasteiger partial charge in [-0.05, 0) is 47.4 Å². The van der Waals surface area contributed by atoms with E-state index >= 15 is 0 Å². The van der Waals surface area contributed by atoms with Crippen LogP contribution in [0.3, 0.4) is 0 Å². The number of benzene rings is 2. The zero-order chi connectivity index (χ0) is 20.2. The third-order valence-corrected chi connectivity index (χ3v) is 5.71. The van der Waals surface area contributed by atoms with E-state index < -0.39 is 27.4 Å². The minimum absolute atomic E-state index is 0.0221. The van der Waals surface area contributed by atoms with E-state index in [9.17, 15) is 18.0 Å². The summed E-state index contributed by atoms with van der Waals surface area (Å²) in [4.78, 5) is 24.0. The summed E-state index contributed by atoms with van der Waals surface area (Å²) >= 11 is 5.72. The maximum Gasteiger partial charge on any atom is 0.269 e. The van der Waals surface area contributed by atoms with Crippen LogP contribution in [0.15, 0.2) is 53.4 Å². The van der Waals surface area contributed by atoms with Gasteiger partial charge in [0.05, 0.1) is 4.90 Å². The summed E-state index contributed by atoms with van der Waals surface area (Å²) in [5, 5.41) is 0.392. The van der Waals surface area contributed by atoms with Gasteiger partial charge in [-0.1, -0.05) is 44.5 Å².